The summed E-state index contributed by atoms with van der Waals surface area (Å²) in [4.78, 5) is 10.2. The lowest BCUT2D eigenvalue weighted by Gasteiger charge is -2.04. The number of primary amides is 1. The molecule has 0 aromatic carbocycles. The third-order valence-corrected chi connectivity index (χ3v) is 1.53. The van der Waals surface area contributed by atoms with Gasteiger partial charge in [0.05, 0.1) is 33.0 Å². The standard InChI is InChI=1S/C8H16BrNO4/c9-1-2-12-3-4-13-5-6-14-7-8(10)11/h1-7H2,(H2,10,11). The Labute approximate surface area is 92.0 Å². The second kappa shape index (κ2) is 10.9. The van der Waals surface area contributed by atoms with Gasteiger partial charge in [0.15, 0.2) is 0 Å². The second-order valence-electron chi connectivity index (χ2n) is 2.43. The molecule has 0 fully saturated rings. The number of rotatable bonds is 10. The Hall–Kier alpha value is -0.170. The molecule has 0 saturated heterocycles. The van der Waals surface area contributed by atoms with Crippen molar-refractivity contribution in [2.45, 2.75) is 0 Å². The van der Waals surface area contributed by atoms with Gasteiger partial charge in [-0.2, -0.15) is 0 Å². The first-order valence-corrected chi connectivity index (χ1v) is 5.47. The molecule has 14 heavy (non-hydrogen) atoms. The summed E-state index contributed by atoms with van der Waals surface area (Å²) >= 11 is 3.24. The summed E-state index contributed by atoms with van der Waals surface area (Å²) < 4.78 is 15.2. The lowest BCUT2D eigenvalue weighted by Crippen LogP contribution is -2.20. The molecule has 0 aliphatic rings. The second-order valence-corrected chi connectivity index (χ2v) is 3.23. The Bertz CT molecular complexity index is 145. The van der Waals surface area contributed by atoms with E-state index in [1.807, 2.05) is 0 Å². The maximum atomic E-state index is 10.2. The minimum atomic E-state index is -0.467. The van der Waals surface area contributed by atoms with E-state index < -0.39 is 5.91 Å². The van der Waals surface area contributed by atoms with E-state index in [4.69, 9.17) is 19.9 Å². The largest absolute Gasteiger partial charge is 0.378 e. The van der Waals surface area contributed by atoms with Gasteiger partial charge >= 0.3 is 0 Å². The number of halogens is 1. The van der Waals surface area contributed by atoms with Crippen LogP contribution in [0.25, 0.3) is 0 Å². The van der Waals surface area contributed by atoms with Gasteiger partial charge < -0.3 is 19.9 Å². The van der Waals surface area contributed by atoms with E-state index in [0.717, 1.165) is 5.33 Å². The quantitative estimate of drug-likeness (QED) is 0.445. The lowest BCUT2D eigenvalue weighted by molar-refractivity contribution is -0.123. The Morgan fingerprint density at radius 2 is 1.50 bits per heavy atom. The Balaban J connectivity index is 2.88. The normalized spacial score (nSPS) is 10.4. The smallest absolute Gasteiger partial charge is 0.243 e. The molecule has 0 aromatic rings. The van der Waals surface area contributed by atoms with Crippen LogP contribution in [-0.4, -0.2) is 50.9 Å². The molecule has 6 heteroatoms. The molecule has 0 bridgehead atoms. The van der Waals surface area contributed by atoms with Crippen LogP contribution in [0.2, 0.25) is 0 Å². The summed E-state index contributed by atoms with van der Waals surface area (Å²) in [5.74, 6) is -0.467. The van der Waals surface area contributed by atoms with Crippen LogP contribution in [0.4, 0.5) is 0 Å². The summed E-state index contributed by atoms with van der Waals surface area (Å²) in [7, 11) is 0. The van der Waals surface area contributed by atoms with E-state index in [-0.39, 0.29) is 6.61 Å². The van der Waals surface area contributed by atoms with Crippen molar-refractivity contribution >= 4 is 21.8 Å². The van der Waals surface area contributed by atoms with Crippen molar-refractivity contribution in [3.05, 3.63) is 0 Å². The van der Waals surface area contributed by atoms with Crippen LogP contribution in [0.1, 0.15) is 0 Å². The van der Waals surface area contributed by atoms with E-state index in [1.165, 1.54) is 0 Å². The first-order chi connectivity index (χ1) is 6.77. The summed E-state index contributed by atoms with van der Waals surface area (Å²) in [6.07, 6.45) is 0. The van der Waals surface area contributed by atoms with Gasteiger partial charge in [-0.25, -0.2) is 0 Å². The summed E-state index contributed by atoms with van der Waals surface area (Å²) in [5.41, 5.74) is 4.86. The van der Waals surface area contributed by atoms with Crippen LogP contribution in [-0.2, 0) is 19.0 Å². The molecule has 0 atom stereocenters. The zero-order valence-corrected chi connectivity index (χ0v) is 9.62. The molecular formula is C8H16BrNO4. The maximum Gasteiger partial charge on any atom is 0.243 e. The van der Waals surface area contributed by atoms with Gasteiger partial charge in [0, 0.05) is 5.33 Å². The van der Waals surface area contributed by atoms with Crippen molar-refractivity contribution in [2.75, 3.05) is 45.0 Å². The highest BCUT2D eigenvalue weighted by Crippen LogP contribution is 1.83. The highest BCUT2D eigenvalue weighted by atomic mass is 79.9. The molecule has 0 saturated carbocycles. The van der Waals surface area contributed by atoms with Crippen molar-refractivity contribution in [2.24, 2.45) is 5.73 Å². The van der Waals surface area contributed by atoms with Gasteiger partial charge in [0.25, 0.3) is 0 Å². The number of ether oxygens (including phenoxy) is 3. The molecular weight excluding hydrogens is 254 g/mol. The maximum absolute atomic E-state index is 10.2. The summed E-state index contributed by atoms with van der Waals surface area (Å²) in [6.45, 7) is 2.56. The van der Waals surface area contributed by atoms with Crippen molar-refractivity contribution in [3.8, 4) is 0 Å². The molecule has 5 nitrogen and oxygen atoms in total. The van der Waals surface area contributed by atoms with Crippen molar-refractivity contribution < 1.29 is 19.0 Å². The van der Waals surface area contributed by atoms with Gasteiger partial charge in [-0.3, -0.25) is 4.79 Å². The van der Waals surface area contributed by atoms with Crippen LogP contribution in [0.5, 0.6) is 0 Å². The van der Waals surface area contributed by atoms with Crippen LogP contribution in [0.3, 0.4) is 0 Å². The predicted octanol–water partition coefficient (Wildman–Crippen LogP) is -0.0836. The monoisotopic (exact) mass is 269 g/mol. The molecule has 0 rings (SSSR count). The van der Waals surface area contributed by atoms with Crippen molar-refractivity contribution in [1.29, 1.82) is 0 Å². The highest BCUT2D eigenvalue weighted by molar-refractivity contribution is 9.09. The molecule has 0 heterocycles. The third-order valence-electron chi connectivity index (χ3n) is 1.21. The SMILES string of the molecule is NC(=O)COCCOCCOCCBr. The van der Waals surface area contributed by atoms with E-state index in [2.05, 4.69) is 15.9 Å². The van der Waals surface area contributed by atoms with Gasteiger partial charge in [0.2, 0.25) is 5.91 Å². The fraction of sp³-hybridized carbons (Fsp3) is 0.875. The molecule has 84 valence electrons. The molecule has 0 unspecified atom stereocenters. The van der Waals surface area contributed by atoms with Gasteiger partial charge in [-0.15, -0.1) is 0 Å². The minimum Gasteiger partial charge on any atom is -0.378 e. The molecule has 0 aromatic heterocycles. The number of carbonyl (C=O) groups is 1. The zero-order valence-electron chi connectivity index (χ0n) is 8.04. The number of hydrogen-bond donors (Lipinski definition) is 1. The van der Waals surface area contributed by atoms with E-state index in [1.54, 1.807) is 0 Å². The molecule has 2 N–H and O–H groups in total. The first-order valence-electron chi connectivity index (χ1n) is 4.35. The number of amides is 1. The molecule has 0 aliphatic carbocycles. The zero-order chi connectivity index (χ0) is 10.6. The molecule has 0 radical (unpaired) electrons. The fourth-order valence-corrected chi connectivity index (χ4v) is 0.896. The average molecular weight is 270 g/mol. The first kappa shape index (κ1) is 13.8. The van der Waals surface area contributed by atoms with Crippen molar-refractivity contribution in [1.82, 2.24) is 0 Å². The topological polar surface area (TPSA) is 70.8 Å². The van der Waals surface area contributed by atoms with E-state index in [0.29, 0.717) is 33.0 Å². The minimum absolute atomic E-state index is 0.0521. The van der Waals surface area contributed by atoms with E-state index >= 15 is 0 Å². The molecule has 0 aliphatic heterocycles. The average Bonchev–Trinajstić information content (AvgIpc) is 2.15. The van der Waals surface area contributed by atoms with Gasteiger partial charge in [0.1, 0.15) is 6.61 Å². The van der Waals surface area contributed by atoms with Crippen molar-refractivity contribution in [3.63, 3.8) is 0 Å². The number of alkyl halides is 1. The Kier molecular flexibility index (Phi) is 10.8. The van der Waals surface area contributed by atoms with Crippen LogP contribution in [0, 0.1) is 0 Å². The highest BCUT2D eigenvalue weighted by Gasteiger charge is 1.93. The van der Waals surface area contributed by atoms with Crippen LogP contribution >= 0.6 is 15.9 Å². The van der Waals surface area contributed by atoms with Gasteiger partial charge in [-0.1, -0.05) is 15.9 Å². The van der Waals surface area contributed by atoms with Gasteiger partial charge in [-0.05, 0) is 0 Å². The van der Waals surface area contributed by atoms with E-state index in [9.17, 15) is 4.79 Å². The predicted molar refractivity (Wildman–Crippen MR) is 55.4 cm³/mol. The molecule has 1 amide bonds. The summed E-state index contributed by atoms with van der Waals surface area (Å²) in [5, 5.41) is 0.828. The van der Waals surface area contributed by atoms with Crippen LogP contribution in [0.15, 0.2) is 0 Å². The Morgan fingerprint density at radius 3 is 2.00 bits per heavy atom. The Morgan fingerprint density at radius 1 is 1.00 bits per heavy atom. The molecule has 0 spiro atoms. The third kappa shape index (κ3) is 11.8. The fourth-order valence-electron chi connectivity index (χ4n) is 0.667. The number of nitrogens with two attached hydrogens (primary N) is 1. The summed E-state index contributed by atoms with van der Waals surface area (Å²) in [6, 6.07) is 0. The number of hydrogen-bond acceptors (Lipinski definition) is 4. The lowest BCUT2D eigenvalue weighted by atomic mass is 10.6. The van der Waals surface area contributed by atoms with Crippen LogP contribution < -0.4 is 5.73 Å². The number of carbonyl (C=O) groups excluding carboxylic acids is 1.